The minimum Gasteiger partial charge on any atom is -0.494 e. The summed E-state index contributed by atoms with van der Waals surface area (Å²) < 4.78 is 5.40. The molecule has 1 heterocycles. The predicted molar refractivity (Wildman–Crippen MR) is 120 cm³/mol. The van der Waals surface area contributed by atoms with Crippen molar-refractivity contribution in [1.82, 2.24) is 16.0 Å². The van der Waals surface area contributed by atoms with Gasteiger partial charge in [-0.15, -0.1) is 12.4 Å². The molecule has 0 fully saturated rings. The van der Waals surface area contributed by atoms with E-state index in [-0.39, 0.29) is 30.1 Å². The zero-order valence-corrected chi connectivity index (χ0v) is 18.5. The lowest BCUT2D eigenvalue weighted by Crippen LogP contribution is -2.49. The molecule has 1 atom stereocenters. The van der Waals surface area contributed by atoms with Crippen molar-refractivity contribution in [3.63, 3.8) is 0 Å². The summed E-state index contributed by atoms with van der Waals surface area (Å²) in [6.45, 7) is 8.52. The largest absolute Gasteiger partial charge is 0.494 e. The van der Waals surface area contributed by atoms with Crippen LogP contribution in [0.4, 0.5) is 0 Å². The maximum absolute atomic E-state index is 12.7. The number of halogens is 1. The van der Waals surface area contributed by atoms with Crippen LogP contribution in [0.3, 0.4) is 0 Å². The number of ether oxygens (including phenoxy) is 1. The van der Waals surface area contributed by atoms with Gasteiger partial charge in [-0.25, -0.2) is 0 Å². The first-order valence-corrected chi connectivity index (χ1v) is 10.1. The van der Waals surface area contributed by atoms with E-state index in [4.69, 9.17) is 4.74 Å². The van der Waals surface area contributed by atoms with E-state index in [2.05, 4.69) is 28.1 Å². The van der Waals surface area contributed by atoms with Gasteiger partial charge in [-0.1, -0.05) is 32.0 Å². The van der Waals surface area contributed by atoms with Crippen LogP contribution in [0.15, 0.2) is 42.5 Å². The molecule has 162 valence electrons. The highest BCUT2D eigenvalue weighted by Gasteiger charge is 2.24. The molecule has 3 N–H and O–H groups in total. The van der Waals surface area contributed by atoms with Crippen LogP contribution >= 0.6 is 12.4 Å². The smallest absolute Gasteiger partial charge is 0.251 e. The van der Waals surface area contributed by atoms with Gasteiger partial charge in [-0.05, 0) is 53.8 Å². The predicted octanol–water partition coefficient (Wildman–Crippen LogP) is 3.18. The van der Waals surface area contributed by atoms with Gasteiger partial charge < -0.3 is 20.7 Å². The zero-order valence-electron chi connectivity index (χ0n) is 17.7. The number of amides is 2. The lowest BCUT2D eigenvalue weighted by atomic mass is 10.0. The van der Waals surface area contributed by atoms with Crippen molar-refractivity contribution in [3.8, 4) is 5.75 Å². The van der Waals surface area contributed by atoms with Gasteiger partial charge in [0.1, 0.15) is 11.8 Å². The van der Waals surface area contributed by atoms with Gasteiger partial charge in [-0.2, -0.15) is 0 Å². The standard InChI is InChI=1S/C23H29N3O3.ClH/c1-4-29-20-9-7-17(8-10-20)22(27)26-21(15(2)3)23(28)25-12-16-5-6-18-13-24-14-19(18)11-16;/h5-11,15,21,24H,4,12-14H2,1-3H3,(H,25,28)(H,26,27);1H. The average Bonchev–Trinajstić information content (AvgIpc) is 3.18. The van der Waals surface area contributed by atoms with E-state index >= 15 is 0 Å². The Bertz CT molecular complexity index is 868. The van der Waals surface area contributed by atoms with Crippen LogP contribution in [0, 0.1) is 5.92 Å². The molecule has 3 rings (SSSR count). The topological polar surface area (TPSA) is 79.5 Å². The van der Waals surface area contributed by atoms with Gasteiger partial charge in [0.25, 0.3) is 5.91 Å². The third-order valence-electron chi connectivity index (χ3n) is 5.03. The Morgan fingerprint density at radius 3 is 2.43 bits per heavy atom. The quantitative estimate of drug-likeness (QED) is 0.599. The maximum atomic E-state index is 12.7. The molecule has 2 amide bonds. The third-order valence-corrected chi connectivity index (χ3v) is 5.03. The molecule has 1 aliphatic heterocycles. The molecule has 1 aliphatic rings. The van der Waals surface area contributed by atoms with Crippen LogP contribution in [0.25, 0.3) is 0 Å². The molecule has 1 unspecified atom stereocenters. The molecule has 0 aromatic heterocycles. The molecule has 0 saturated heterocycles. The van der Waals surface area contributed by atoms with Gasteiger partial charge in [0.2, 0.25) is 5.91 Å². The molecule has 2 aromatic rings. The monoisotopic (exact) mass is 431 g/mol. The first-order chi connectivity index (χ1) is 14.0. The summed E-state index contributed by atoms with van der Waals surface area (Å²) in [7, 11) is 0. The number of hydrogen-bond acceptors (Lipinski definition) is 4. The van der Waals surface area contributed by atoms with Crippen LogP contribution in [0.1, 0.15) is 47.8 Å². The Hall–Kier alpha value is -2.57. The van der Waals surface area contributed by atoms with Gasteiger partial charge in [0.05, 0.1) is 6.61 Å². The van der Waals surface area contributed by atoms with Gasteiger partial charge in [0, 0.05) is 25.2 Å². The average molecular weight is 432 g/mol. The summed E-state index contributed by atoms with van der Waals surface area (Å²) in [5, 5.41) is 9.14. The number of carbonyl (C=O) groups is 2. The van der Waals surface area contributed by atoms with Crippen LogP contribution < -0.4 is 20.7 Å². The summed E-state index contributed by atoms with van der Waals surface area (Å²) >= 11 is 0. The number of fused-ring (bicyclic) bond motifs is 1. The first kappa shape index (κ1) is 23.7. The van der Waals surface area contributed by atoms with Crippen molar-refractivity contribution < 1.29 is 14.3 Å². The van der Waals surface area contributed by atoms with E-state index in [1.807, 2.05) is 26.8 Å². The molecule has 0 aliphatic carbocycles. The molecular weight excluding hydrogens is 402 g/mol. The fourth-order valence-corrected chi connectivity index (χ4v) is 3.39. The highest BCUT2D eigenvalue weighted by Crippen LogP contribution is 2.17. The Morgan fingerprint density at radius 1 is 1.07 bits per heavy atom. The summed E-state index contributed by atoms with van der Waals surface area (Å²) in [5.74, 6) is 0.223. The van der Waals surface area contributed by atoms with E-state index in [0.717, 1.165) is 18.7 Å². The second-order valence-corrected chi connectivity index (χ2v) is 7.58. The lowest BCUT2D eigenvalue weighted by molar-refractivity contribution is -0.124. The van der Waals surface area contributed by atoms with Gasteiger partial charge >= 0.3 is 0 Å². The van der Waals surface area contributed by atoms with Crippen LogP contribution in [-0.4, -0.2) is 24.5 Å². The van der Waals surface area contributed by atoms with Crippen molar-refractivity contribution in [3.05, 3.63) is 64.7 Å². The number of carbonyl (C=O) groups excluding carboxylic acids is 2. The minimum atomic E-state index is -0.606. The second kappa shape index (κ2) is 11.0. The first-order valence-electron chi connectivity index (χ1n) is 10.1. The van der Waals surface area contributed by atoms with Crippen molar-refractivity contribution >= 4 is 24.2 Å². The molecular formula is C23H30ClN3O3. The molecule has 30 heavy (non-hydrogen) atoms. The molecule has 0 bridgehead atoms. The Morgan fingerprint density at radius 2 is 1.77 bits per heavy atom. The van der Waals surface area contributed by atoms with Crippen molar-refractivity contribution in [1.29, 1.82) is 0 Å². The van der Waals surface area contributed by atoms with Crippen molar-refractivity contribution in [2.75, 3.05) is 6.61 Å². The zero-order chi connectivity index (χ0) is 20.8. The summed E-state index contributed by atoms with van der Waals surface area (Å²) in [6.07, 6.45) is 0. The Labute approximate surface area is 184 Å². The van der Waals surface area contributed by atoms with E-state index < -0.39 is 6.04 Å². The van der Waals surface area contributed by atoms with Crippen molar-refractivity contribution in [2.45, 2.75) is 46.4 Å². The fourth-order valence-electron chi connectivity index (χ4n) is 3.39. The normalized spacial score (nSPS) is 13.2. The molecule has 2 aromatic carbocycles. The summed E-state index contributed by atoms with van der Waals surface area (Å²) in [5.41, 5.74) is 4.14. The maximum Gasteiger partial charge on any atom is 0.251 e. The fraction of sp³-hybridized carbons (Fsp3) is 0.391. The van der Waals surface area contributed by atoms with E-state index in [1.54, 1.807) is 24.3 Å². The lowest BCUT2D eigenvalue weighted by Gasteiger charge is -2.22. The van der Waals surface area contributed by atoms with Crippen LogP contribution in [-0.2, 0) is 24.4 Å². The van der Waals surface area contributed by atoms with E-state index in [9.17, 15) is 9.59 Å². The number of benzene rings is 2. The summed E-state index contributed by atoms with van der Waals surface area (Å²) in [6, 6.07) is 12.6. The minimum absolute atomic E-state index is 0. The molecule has 0 spiro atoms. The highest BCUT2D eigenvalue weighted by atomic mass is 35.5. The summed E-state index contributed by atoms with van der Waals surface area (Å²) in [4.78, 5) is 25.3. The van der Waals surface area contributed by atoms with Gasteiger partial charge in [-0.3, -0.25) is 9.59 Å². The number of rotatable bonds is 8. The van der Waals surface area contributed by atoms with E-state index in [0.29, 0.717) is 24.5 Å². The van der Waals surface area contributed by atoms with Gasteiger partial charge in [0.15, 0.2) is 0 Å². The SMILES string of the molecule is CCOc1ccc(C(=O)NC(C(=O)NCc2ccc3c(c2)CNC3)C(C)C)cc1.Cl. The van der Waals surface area contributed by atoms with Crippen LogP contribution in [0.5, 0.6) is 5.75 Å². The Kier molecular flexibility index (Phi) is 8.69. The molecule has 6 nitrogen and oxygen atoms in total. The Balaban J connectivity index is 0.00000320. The third kappa shape index (κ3) is 5.97. The van der Waals surface area contributed by atoms with Crippen LogP contribution in [0.2, 0.25) is 0 Å². The number of nitrogens with one attached hydrogen (secondary N) is 3. The molecule has 7 heteroatoms. The van der Waals surface area contributed by atoms with Crippen molar-refractivity contribution in [2.24, 2.45) is 5.92 Å². The van der Waals surface area contributed by atoms with E-state index in [1.165, 1.54) is 11.1 Å². The molecule has 0 radical (unpaired) electrons. The number of hydrogen-bond donors (Lipinski definition) is 3. The highest BCUT2D eigenvalue weighted by molar-refractivity contribution is 5.97. The second-order valence-electron chi connectivity index (χ2n) is 7.58. The molecule has 0 saturated carbocycles.